The number of benzene rings is 2. The average molecular weight is 471 g/mol. The second-order valence-electron chi connectivity index (χ2n) is 7.14. The monoisotopic (exact) mass is 470 g/mol. The zero-order valence-corrected chi connectivity index (χ0v) is 18.6. The molecule has 1 aliphatic rings. The Balaban J connectivity index is 1.63. The molecule has 1 saturated heterocycles. The molecular weight excluding hydrogens is 448 g/mol. The van der Waals surface area contributed by atoms with Crippen LogP contribution in [0.25, 0.3) is 5.69 Å². The summed E-state index contributed by atoms with van der Waals surface area (Å²) in [5.41, 5.74) is 0.361. The van der Waals surface area contributed by atoms with E-state index in [2.05, 4.69) is 10.4 Å². The van der Waals surface area contributed by atoms with Crippen LogP contribution < -0.4 is 15.6 Å². The molecule has 2 aromatic carbocycles. The lowest BCUT2D eigenvalue weighted by molar-refractivity contribution is 0.0729. The molecule has 1 aliphatic heterocycles. The van der Waals surface area contributed by atoms with Gasteiger partial charge in [0.05, 0.1) is 26.0 Å². The van der Waals surface area contributed by atoms with Crippen LogP contribution in [0.2, 0.25) is 0 Å². The summed E-state index contributed by atoms with van der Waals surface area (Å²) < 4.78 is 39.2. The van der Waals surface area contributed by atoms with Gasteiger partial charge in [-0.1, -0.05) is 18.2 Å². The van der Waals surface area contributed by atoms with E-state index in [9.17, 15) is 18.0 Å². The van der Waals surface area contributed by atoms with Gasteiger partial charge in [0.25, 0.3) is 11.5 Å². The van der Waals surface area contributed by atoms with Crippen molar-refractivity contribution in [2.75, 3.05) is 38.7 Å². The minimum atomic E-state index is -3.86. The Morgan fingerprint density at radius 2 is 1.79 bits per heavy atom. The number of sulfonamides is 1. The number of ether oxygens (including phenoxy) is 2. The summed E-state index contributed by atoms with van der Waals surface area (Å²) in [6, 6.07) is 15.6. The molecule has 172 valence electrons. The molecule has 0 radical (unpaired) electrons. The third-order valence-electron chi connectivity index (χ3n) is 5.04. The van der Waals surface area contributed by atoms with Crippen molar-refractivity contribution < 1.29 is 22.7 Å². The van der Waals surface area contributed by atoms with E-state index in [1.54, 1.807) is 30.3 Å². The SMILES string of the molecule is COc1ccc(NC(=O)c2ccc(=O)n(-c3ccccc3)n2)cc1S(=O)(=O)N1CCOCC1. The fourth-order valence-electron chi connectivity index (χ4n) is 3.36. The highest BCUT2D eigenvalue weighted by Crippen LogP contribution is 2.30. The molecule has 1 amide bonds. The minimum absolute atomic E-state index is 0.00754. The fraction of sp³-hybridized carbons (Fsp3) is 0.227. The van der Waals surface area contributed by atoms with Crippen molar-refractivity contribution in [1.29, 1.82) is 0 Å². The van der Waals surface area contributed by atoms with E-state index < -0.39 is 15.9 Å². The van der Waals surface area contributed by atoms with Crippen LogP contribution in [-0.2, 0) is 14.8 Å². The van der Waals surface area contributed by atoms with Gasteiger partial charge >= 0.3 is 0 Å². The van der Waals surface area contributed by atoms with Gasteiger partial charge in [0.15, 0.2) is 0 Å². The predicted molar refractivity (Wildman–Crippen MR) is 120 cm³/mol. The molecule has 1 aromatic heterocycles. The number of aromatic nitrogens is 2. The Bertz CT molecular complexity index is 1320. The highest BCUT2D eigenvalue weighted by molar-refractivity contribution is 7.89. The topological polar surface area (TPSA) is 120 Å². The van der Waals surface area contributed by atoms with E-state index in [-0.39, 0.29) is 40.7 Å². The average Bonchev–Trinajstić information content (AvgIpc) is 2.85. The van der Waals surface area contributed by atoms with Crippen LogP contribution in [0.4, 0.5) is 5.69 Å². The van der Waals surface area contributed by atoms with Crippen molar-refractivity contribution in [1.82, 2.24) is 14.1 Å². The van der Waals surface area contributed by atoms with Crippen LogP contribution in [0.1, 0.15) is 10.5 Å². The molecule has 2 heterocycles. The molecule has 0 saturated carbocycles. The Morgan fingerprint density at radius 3 is 2.48 bits per heavy atom. The number of para-hydroxylation sites is 1. The maximum atomic E-state index is 13.1. The first-order valence-electron chi connectivity index (χ1n) is 10.1. The van der Waals surface area contributed by atoms with Crippen molar-refractivity contribution in [3.63, 3.8) is 0 Å². The summed E-state index contributed by atoms with van der Waals surface area (Å²) in [7, 11) is -2.48. The molecule has 0 aliphatic carbocycles. The normalized spacial score (nSPS) is 14.6. The van der Waals surface area contributed by atoms with E-state index in [0.29, 0.717) is 18.9 Å². The van der Waals surface area contributed by atoms with Crippen molar-refractivity contribution in [2.24, 2.45) is 0 Å². The maximum Gasteiger partial charge on any atom is 0.276 e. The summed E-state index contributed by atoms with van der Waals surface area (Å²) in [4.78, 5) is 25.0. The summed E-state index contributed by atoms with van der Waals surface area (Å²) in [5.74, 6) is -0.435. The molecule has 3 aromatic rings. The minimum Gasteiger partial charge on any atom is -0.495 e. The number of amides is 1. The number of nitrogens with one attached hydrogen (secondary N) is 1. The lowest BCUT2D eigenvalue weighted by atomic mass is 10.2. The summed E-state index contributed by atoms with van der Waals surface area (Å²) in [5, 5.41) is 6.79. The highest BCUT2D eigenvalue weighted by Gasteiger charge is 2.29. The molecule has 1 N–H and O–H groups in total. The molecular formula is C22H22N4O6S. The summed E-state index contributed by atoms with van der Waals surface area (Å²) in [6.07, 6.45) is 0. The number of hydrogen-bond donors (Lipinski definition) is 1. The molecule has 1 fully saturated rings. The summed E-state index contributed by atoms with van der Waals surface area (Å²) >= 11 is 0. The highest BCUT2D eigenvalue weighted by atomic mass is 32.2. The number of carbonyl (C=O) groups is 1. The van der Waals surface area contributed by atoms with Gasteiger partial charge in [0, 0.05) is 24.8 Å². The van der Waals surface area contributed by atoms with Crippen LogP contribution >= 0.6 is 0 Å². The van der Waals surface area contributed by atoms with E-state index in [4.69, 9.17) is 9.47 Å². The number of methoxy groups -OCH3 is 1. The van der Waals surface area contributed by atoms with E-state index in [1.165, 1.54) is 41.7 Å². The van der Waals surface area contributed by atoms with Crippen LogP contribution in [0.5, 0.6) is 5.75 Å². The Morgan fingerprint density at radius 1 is 1.06 bits per heavy atom. The van der Waals surface area contributed by atoms with Crippen molar-refractivity contribution in [3.05, 3.63) is 76.7 Å². The van der Waals surface area contributed by atoms with Crippen molar-refractivity contribution in [3.8, 4) is 11.4 Å². The maximum absolute atomic E-state index is 13.1. The number of rotatable bonds is 6. The second kappa shape index (κ2) is 9.53. The molecule has 0 unspecified atom stereocenters. The number of hydrogen-bond acceptors (Lipinski definition) is 7. The smallest absolute Gasteiger partial charge is 0.276 e. The largest absolute Gasteiger partial charge is 0.495 e. The molecule has 33 heavy (non-hydrogen) atoms. The molecule has 10 nitrogen and oxygen atoms in total. The quantitative estimate of drug-likeness (QED) is 0.580. The molecule has 11 heteroatoms. The Hall–Kier alpha value is -3.54. The first-order chi connectivity index (χ1) is 15.9. The first-order valence-corrected chi connectivity index (χ1v) is 11.6. The molecule has 0 atom stereocenters. The van der Waals surface area contributed by atoms with Crippen LogP contribution in [0.3, 0.4) is 0 Å². The second-order valence-corrected chi connectivity index (χ2v) is 9.05. The van der Waals surface area contributed by atoms with Gasteiger partial charge in [-0.15, -0.1) is 0 Å². The summed E-state index contributed by atoms with van der Waals surface area (Å²) in [6.45, 7) is 1.07. The van der Waals surface area contributed by atoms with Crippen molar-refractivity contribution in [2.45, 2.75) is 4.90 Å². The van der Waals surface area contributed by atoms with Gasteiger partial charge in [0.1, 0.15) is 16.3 Å². The van der Waals surface area contributed by atoms with E-state index >= 15 is 0 Å². The van der Waals surface area contributed by atoms with Gasteiger partial charge in [-0.25, -0.2) is 8.42 Å². The third-order valence-corrected chi connectivity index (χ3v) is 6.96. The molecule has 0 bridgehead atoms. The Labute approximate surface area is 190 Å². The van der Waals surface area contributed by atoms with Crippen molar-refractivity contribution >= 4 is 21.6 Å². The molecule has 4 rings (SSSR count). The van der Waals surface area contributed by atoms with Gasteiger partial charge < -0.3 is 14.8 Å². The van der Waals surface area contributed by atoms with Gasteiger partial charge in [0.2, 0.25) is 10.0 Å². The number of nitrogens with zero attached hydrogens (tertiary/aromatic N) is 3. The zero-order chi connectivity index (χ0) is 23.4. The molecule has 0 spiro atoms. The number of anilines is 1. The standard InChI is InChI=1S/C22H22N4O6S/c1-31-19-9-7-16(15-20(19)33(29,30)25-11-13-32-14-12-25)23-22(28)18-8-10-21(27)26(24-18)17-5-3-2-4-6-17/h2-10,15H,11-14H2,1H3,(H,23,28). The van der Waals surface area contributed by atoms with Crippen LogP contribution in [0, 0.1) is 0 Å². The Kier molecular flexibility index (Phi) is 6.54. The number of morpholine rings is 1. The fourth-order valence-corrected chi connectivity index (χ4v) is 4.95. The van der Waals surface area contributed by atoms with E-state index in [0.717, 1.165) is 4.68 Å². The lowest BCUT2D eigenvalue weighted by Gasteiger charge is -2.26. The predicted octanol–water partition coefficient (Wildman–Crippen LogP) is 1.51. The first kappa shape index (κ1) is 22.6. The van der Waals surface area contributed by atoms with Gasteiger partial charge in [-0.3, -0.25) is 9.59 Å². The lowest BCUT2D eigenvalue weighted by Crippen LogP contribution is -2.40. The van der Waals surface area contributed by atoms with E-state index in [1.807, 2.05) is 0 Å². The van der Waals surface area contributed by atoms with Crippen LogP contribution in [0.15, 0.2) is 70.4 Å². The van der Waals surface area contributed by atoms with Gasteiger partial charge in [-0.05, 0) is 36.4 Å². The zero-order valence-electron chi connectivity index (χ0n) is 17.8. The number of carbonyl (C=O) groups excluding carboxylic acids is 1. The third kappa shape index (κ3) is 4.80. The van der Waals surface area contributed by atoms with Crippen LogP contribution in [-0.4, -0.2) is 61.8 Å². The van der Waals surface area contributed by atoms with Gasteiger partial charge in [-0.2, -0.15) is 14.1 Å².